The Hall–Kier alpha value is -3.99. The SMILES string of the molecule is CS(=O)(=O)NC(=O)c1c(-c2ccc[nH]c2=O)c2c3c(ccc2n1Cc1cc(F)ccc1F)CCCO3. The highest BCUT2D eigenvalue weighted by Gasteiger charge is 2.31. The number of sulfonamides is 1. The average molecular weight is 514 g/mol. The first-order valence-electron chi connectivity index (χ1n) is 11.1. The molecule has 2 aromatic carbocycles. The number of aryl methyl sites for hydroxylation is 1. The molecule has 186 valence electrons. The third kappa shape index (κ3) is 4.26. The van der Waals surface area contributed by atoms with Gasteiger partial charge in [-0.25, -0.2) is 21.9 Å². The van der Waals surface area contributed by atoms with Gasteiger partial charge >= 0.3 is 0 Å². The van der Waals surface area contributed by atoms with Gasteiger partial charge in [0.1, 0.15) is 23.1 Å². The van der Waals surface area contributed by atoms with Gasteiger partial charge in [0.25, 0.3) is 11.5 Å². The molecule has 4 aromatic rings. The molecule has 0 radical (unpaired) electrons. The van der Waals surface area contributed by atoms with E-state index in [2.05, 4.69) is 4.98 Å². The molecule has 1 aliphatic heterocycles. The molecule has 0 spiro atoms. The molecule has 0 saturated heterocycles. The van der Waals surface area contributed by atoms with Crippen molar-refractivity contribution >= 4 is 26.8 Å². The Balaban J connectivity index is 1.91. The number of aromatic nitrogens is 2. The summed E-state index contributed by atoms with van der Waals surface area (Å²) in [5.41, 5.74) is 0.717. The number of aromatic amines is 1. The number of hydrogen-bond acceptors (Lipinski definition) is 5. The molecule has 0 saturated carbocycles. The number of nitrogens with zero attached hydrogens (tertiary/aromatic N) is 1. The van der Waals surface area contributed by atoms with Gasteiger partial charge < -0.3 is 14.3 Å². The van der Waals surface area contributed by atoms with E-state index in [9.17, 15) is 26.8 Å². The van der Waals surface area contributed by atoms with Crippen LogP contribution in [-0.2, 0) is 23.0 Å². The maximum Gasteiger partial charge on any atom is 0.282 e. The van der Waals surface area contributed by atoms with Crippen molar-refractivity contribution in [1.82, 2.24) is 14.3 Å². The molecule has 11 heteroatoms. The third-order valence-electron chi connectivity index (χ3n) is 6.02. The number of carbonyl (C=O) groups is 1. The van der Waals surface area contributed by atoms with E-state index in [4.69, 9.17) is 4.74 Å². The minimum atomic E-state index is -4.00. The topological polar surface area (TPSA) is 110 Å². The highest BCUT2D eigenvalue weighted by molar-refractivity contribution is 7.89. The molecular weight excluding hydrogens is 492 g/mol. The molecule has 36 heavy (non-hydrogen) atoms. The smallest absolute Gasteiger partial charge is 0.282 e. The lowest BCUT2D eigenvalue weighted by molar-refractivity contribution is 0.0974. The molecule has 1 amide bonds. The number of halogens is 2. The number of rotatable bonds is 5. The number of fused-ring (bicyclic) bond motifs is 3. The highest BCUT2D eigenvalue weighted by atomic mass is 32.2. The van der Waals surface area contributed by atoms with E-state index in [-0.39, 0.29) is 28.9 Å². The van der Waals surface area contributed by atoms with Crippen molar-refractivity contribution in [1.29, 1.82) is 0 Å². The second-order valence-electron chi connectivity index (χ2n) is 8.56. The van der Waals surface area contributed by atoms with Crippen LogP contribution < -0.4 is 15.0 Å². The molecule has 0 atom stereocenters. The minimum Gasteiger partial charge on any atom is -0.493 e. The molecule has 2 N–H and O–H groups in total. The standard InChI is InChI=1S/C25H21F2N3O5S/c1-36(33,34)29-25(32)22-20(17-5-2-10-28-24(17)31)21-19(9-6-14-4-3-11-35-23(14)21)30(22)13-15-12-16(26)7-8-18(15)27/h2,5-10,12H,3-4,11,13H2,1H3,(H,28,31)(H,29,32). The van der Waals surface area contributed by atoms with E-state index < -0.39 is 33.1 Å². The Kier molecular flexibility index (Phi) is 5.87. The Bertz CT molecular complexity index is 1690. The Morgan fingerprint density at radius 1 is 1.19 bits per heavy atom. The van der Waals surface area contributed by atoms with Crippen LogP contribution in [0.15, 0.2) is 53.5 Å². The van der Waals surface area contributed by atoms with Gasteiger partial charge in [0.05, 0.1) is 35.9 Å². The van der Waals surface area contributed by atoms with Crippen molar-refractivity contribution in [2.75, 3.05) is 12.9 Å². The van der Waals surface area contributed by atoms with Crippen LogP contribution in [-0.4, -0.2) is 36.7 Å². The molecule has 5 rings (SSSR count). The summed E-state index contributed by atoms with van der Waals surface area (Å²) >= 11 is 0. The van der Waals surface area contributed by atoms with Gasteiger partial charge in [-0.15, -0.1) is 0 Å². The summed E-state index contributed by atoms with van der Waals surface area (Å²) in [7, 11) is -4.00. The second-order valence-corrected chi connectivity index (χ2v) is 10.3. The van der Waals surface area contributed by atoms with Crippen LogP contribution in [0.5, 0.6) is 5.75 Å². The Morgan fingerprint density at radius 2 is 2.00 bits per heavy atom. The number of ether oxygens (including phenoxy) is 1. The first kappa shape index (κ1) is 23.7. The quantitative estimate of drug-likeness (QED) is 0.425. The van der Waals surface area contributed by atoms with Crippen molar-refractivity contribution in [3.05, 3.63) is 87.5 Å². The van der Waals surface area contributed by atoms with Crippen LogP contribution in [0, 0.1) is 11.6 Å². The maximum absolute atomic E-state index is 14.7. The molecule has 0 bridgehead atoms. The summed E-state index contributed by atoms with van der Waals surface area (Å²) in [4.78, 5) is 28.9. The fraction of sp³-hybridized carbons (Fsp3) is 0.200. The lowest BCUT2D eigenvalue weighted by Gasteiger charge is -2.19. The van der Waals surface area contributed by atoms with Gasteiger partial charge in [-0.2, -0.15) is 0 Å². The normalized spacial score (nSPS) is 13.3. The summed E-state index contributed by atoms with van der Waals surface area (Å²) in [5, 5.41) is 0.416. The number of pyridine rings is 1. The predicted molar refractivity (Wildman–Crippen MR) is 130 cm³/mol. The van der Waals surface area contributed by atoms with Crippen molar-refractivity contribution in [3.63, 3.8) is 0 Å². The van der Waals surface area contributed by atoms with Crippen molar-refractivity contribution in [3.8, 4) is 16.9 Å². The van der Waals surface area contributed by atoms with E-state index in [0.717, 1.165) is 36.4 Å². The number of hydrogen-bond donors (Lipinski definition) is 2. The molecule has 3 heterocycles. The molecule has 8 nitrogen and oxygen atoms in total. The number of carbonyl (C=O) groups excluding carboxylic acids is 1. The zero-order valence-electron chi connectivity index (χ0n) is 19.1. The largest absolute Gasteiger partial charge is 0.493 e. The van der Waals surface area contributed by atoms with Crippen LogP contribution in [0.3, 0.4) is 0 Å². The Morgan fingerprint density at radius 3 is 2.75 bits per heavy atom. The van der Waals surface area contributed by atoms with Gasteiger partial charge in [0.2, 0.25) is 10.0 Å². The van der Waals surface area contributed by atoms with Crippen LogP contribution in [0.4, 0.5) is 8.78 Å². The molecule has 0 aliphatic carbocycles. The van der Waals surface area contributed by atoms with Crippen LogP contribution >= 0.6 is 0 Å². The summed E-state index contributed by atoms with van der Waals surface area (Å²) < 4.78 is 62.0. The van der Waals surface area contributed by atoms with Crippen molar-refractivity contribution < 1.29 is 26.7 Å². The van der Waals surface area contributed by atoms with E-state index in [1.807, 2.05) is 10.8 Å². The molecular formula is C25H21F2N3O5S. The lowest BCUT2D eigenvalue weighted by atomic mass is 9.97. The summed E-state index contributed by atoms with van der Waals surface area (Å²) in [6.45, 7) is 0.0986. The van der Waals surface area contributed by atoms with E-state index >= 15 is 0 Å². The first-order chi connectivity index (χ1) is 17.1. The minimum absolute atomic E-state index is 0.0625. The predicted octanol–water partition coefficient (Wildman–Crippen LogP) is 3.34. The van der Waals surface area contributed by atoms with Crippen LogP contribution in [0.2, 0.25) is 0 Å². The van der Waals surface area contributed by atoms with Gasteiger partial charge in [-0.05, 0) is 54.8 Å². The Labute approximate surface area is 204 Å². The monoisotopic (exact) mass is 513 g/mol. The fourth-order valence-corrected chi connectivity index (χ4v) is 5.02. The van der Waals surface area contributed by atoms with Gasteiger partial charge in [0, 0.05) is 17.3 Å². The van der Waals surface area contributed by atoms with Gasteiger partial charge in [-0.1, -0.05) is 6.07 Å². The van der Waals surface area contributed by atoms with Crippen LogP contribution in [0.1, 0.15) is 28.0 Å². The van der Waals surface area contributed by atoms with Gasteiger partial charge in [0.15, 0.2) is 0 Å². The average Bonchev–Trinajstić information content (AvgIpc) is 3.15. The van der Waals surface area contributed by atoms with E-state index in [0.29, 0.717) is 29.7 Å². The zero-order chi connectivity index (χ0) is 25.6. The van der Waals surface area contributed by atoms with Crippen molar-refractivity contribution in [2.45, 2.75) is 19.4 Å². The highest BCUT2D eigenvalue weighted by Crippen LogP contribution is 2.43. The molecule has 0 unspecified atom stereocenters. The van der Waals surface area contributed by atoms with E-state index in [1.54, 1.807) is 12.1 Å². The summed E-state index contributed by atoms with van der Waals surface area (Å²) in [6.07, 6.45) is 3.72. The number of amides is 1. The zero-order valence-corrected chi connectivity index (χ0v) is 19.9. The summed E-state index contributed by atoms with van der Waals surface area (Å²) in [5.74, 6) is -1.94. The third-order valence-corrected chi connectivity index (χ3v) is 6.57. The summed E-state index contributed by atoms with van der Waals surface area (Å²) in [6, 6.07) is 9.54. The van der Waals surface area contributed by atoms with Crippen LogP contribution in [0.25, 0.3) is 22.0 Å². The molecule has 1 aliphatic rings. The lowest BCUT2D eigenvalue weighted by Crippen LogP contribution is -2.32. The molecule has 2 aromatic heterocycles. The van der Waals surface area contributed by atoms with Gasteiger partial charge in [-0.3, -0.25) is 9.59 Å². The number of nitrogens with one attached hydrogen (secondary N) is 2. The fourth-order valence-electron chi connectivity index (χ4n) is 4.59. The second kappa shape index (κ2) is 8.90. The maximum atomic E-state index is 14.7. The number of H-pyrrole nitrogens is 1. The number of benzene rings is 2. The van der Waals surface area contributed by atoms with Crippen molar-refractivity contribution in [2.24, 2.45) is 0 Å². The first-order valence-corrected chi connectivity index (χ1v) is 13.0. The molecule has 0 fully saturated rings. The van der Waals surface area contributed by atoms with E-state index in [1.165, 1.54) is 16.8 Å².